The number of carboxylic acids is 1. The molecule has 6 heteroatoms. The van der Waals surface area contributed by atoms with Crippen molar-refractivity contribution < 1.29 is 14.6 Å². The first-order chi connectivity index (χ1) is 12.5. The SMILES string of the molecule is CCc1ccc(CCCCN(CCCC(=O)O)C[C@@H](C)OC)nc1NC. The van der Waals surface area contributed by atoms with Crippen LogP contribution in [-0.4, -0.2) is 60.9 Å². The highest BCUT2D eigenvalue weighted by atomic mass is 16.5. The molecule has 0 aliphatic rings. The molecule has 6 nitrogen and oxygen atoms in total. The molecule has 0 unspecified atom stereocenters. The van der Waals surface area contributed by atoms with Crippen LogP contribution in [0.1, 0.15) is 50.8 Å². The molecule has 0 spiro atoms. The zero-order valence-corrected chi connectivity index (χ0v) is 16.8. The minimum absolute atomic E-state index is 0.154. The third-order valence-corrected chi connectivity index (χ3v) is 4.59. The van der Waals surface area contributed by atoms with Crippen molar-refractivity contribution in [2.45, 2.75) is 58.5 Å². The maximum Gasteiger partial charge on any atom is 0.303 e. The first-order valence-electron chi connectivity index (χ1n) is 9.63. The van der Waals surface area contributed by atoms with Gasteiger partial charge in [-0.25, -0.2) is 4.98 Å². The van der Waals surface area contributed by atoms with E-state index in [-0.39, 0.29) is 12.5 Å². The number of unbranched alkanes of at least 4 members (excludes halogenated alkanes) is 1. The van der Waals surface area contributed by atoms with Crippen LogP contribution in [0.25, 0.3) is 0 Å². The summed E-state index contributed by atoms with van der Waals surface area (Å²) in [7, 11) is 3.63. The van der Waals surface area contributed by atoms with Crippen LogP contribution in [0.5, 0.6) is 0 Å². The molecule has 0 aliphatic heterocycles. The average Bonchev–Trinajstić information content (AvgIpc) is 2.64. The Hall–Kier alpha value is -1.66. The smallest absolute Gasteiger partial charge is 0.303 e. The van der Waals surface area contributed by atoms with Crippen molar-refractivity contribution in [2.24, 2.45) is 0 Å². The lowest BCUT2D eigenvalue weighted by atomic mass is 10.1. The van der Waals surface area contributed by atoms with E-state index in [0.29, 0.717) is 6.42 Å². The summed E-state index contributed by atoms with van der Waals surface area (Å²) in [5.41, 5.74) is 2.36. The van der Waals surface area contributed by atoms with Crippen molar-refractivity contribution >= 4 is 11.8 Å². The Bertz CT molecular complexity index is 537. The molecule has 0 radical (unpaired) electrons. The molecule has 0 aliphatic carbocycles. The largest absolute Gasteiger partial charge is 0.481 e. The summed E-state index contributed by atoms with van der Waals surface area (Å²) < 4.78 is 5.36. The molecule has 0 saturated heterocycles. The van der Waals surface area contributed by atoms with Crippen LogP contribution >= 0.6 is 0 Å². The fourth-order valence-electron chi connectivity index (χ4n) is 3.00. The van der Waals surface area contributed by atoms with Crippen LogP contribution in [0.2, 0.25) is 0 Å². The lowest BCUT2D eigenvalue weighted by Gasteiger charge is -2.25. The number of rotatable bonds is 14. The Morgan fingerprint density at radius 1 is 1.31 bits per heavy atom. The summed E-state index contributed by atoms with van der Waals surface area (Å²) >= 11 is 0. The number of aryl methyl sites for hydroxylation is 2. The molecule has 26 heavy (non-hydrogen) atoms. The number of carbonyl (C=O) groups is 1. The maximum absolute atomic E-state index is 10.7. The van der Waals surface area contributed by atoms with Gasteiger partial charge in [0.15, 0.2) is 0 Å². The Morgan fingerprint density at radius 2 is 2.04 bits per heavy atom. The zero-order chi connectivity index (χ0) is 19.4. The highest BCUT2D eigenvalue weighted by molar-refractivity contribution is 5.66. The third kappa shape index (κ3) is 8.63. The van der Waals surface area contributed by atoms with Crippen molar-refractivity contribution in [3.8, 4) is 0 Å². The monoisotopic (exact) mass is 365 g/mol. The van der Waals surface area contributed by atoms with Crippen LogP contribution < -0.4 is 5.32 Å². The fourth-order valence-corrected chi connectivity index (χ4v) is 3.00. The first-order valence-corrected chi connectivity index (χ1v) is 9.63. The van der Waals surface area contributed by atoms with Gasteiger partial charge < -0.3 is 20.1 Å². The molecule has 2 N–H and O–H groups in total. The Balaban J connectivity index is 2.43. The number of hydrogen-bond acceptors (Lipinski definition) is 5. The predicted octanol–water partition coefficient (Wildman–Crippen LogP) is 3.21. The summed E-state index contributed by atoms with van der Waals surface area (Å²) in [4.78, 5) is 17.7. The minimum atomic E-state index is -0.730. The van der Waals surface area contributed by atoms with Gasteiger partial charge in [0.2, 0.25) is 0 Å². The van der Waals surface area contributed by atoms with E-state index < -0.39 is 5.97 Å². The van der Waals surface area contributed by atoms with Crippen molar-refractivity contribution in [3.63, 3.8) is 0 Å². The van der Waals surface area contributed by atoms with E-state index >= 15 is 0 Å². The van der Waals surface area contributed by atoms with Crippen LogP contribution in [0.3, 0.4) is 0 Å². The number of nitrogens with one attached hydrogen (secondary N) is 1. The van der Waals surface area contributed by atoms with E-state index in [9.17, 15) is 4.79 Å². The van der Waals surface area contributed by atoms with Gasteiger partial charge in [0.1, 0.15) is 5.82 Å². The number of anilines is 1. The molecule has 148 valence electrons. The average molecular weight is 366 g/mol. The minimum Gasteiger partial charge on any atom is -0.481 e. The maximum atomic E-state index is 10.7. The molecular formula is C20H35N3O3. The summed E-state index contributed by atoms with van der Waals surface area (Å²) in [6, 6.07) is 4.28. The molecule has 1 aromatic heterocycles. The summed E-state index contributed by atoms with van der Waals surface area (Å²) in [5, 5.41) is 12.0. The molecule has 1 aromatic rings. The van der Waals surface area contributed by atoms with Gasteiger partial charge in [-0.1, -0.05) is 13.0 Å². The van der Waals surface area contributed by atoms with Gasteiger partial charge in [-0.3, -0.25) is 4.79 Å². The molecule has 0 fully saturated rings. The molecule has 1 atom stereocenters. The second kappa shape index (κ2) is 12.7. The van der Waals surface area contributed by atoms with Gasteiger partial charge in [-0.05, 0) is 63.7 Å². The standard InChI is InChI=1S/C20H35N3O3/c1-5-17-11-12-18(22-20(17)21-3)9-6-7-13-23(15-16(2)26-4)14-8-10-19(24)25/h11-12,16H,5-10,13-15H2,1-4H3,(H,21,22)(H,24,25)/t16-/m1/s1. The van der Waals surface area contributed by atoms with Crippen LogP contribution in [0.4, 0.5) is 5.82 Å². The third-order valence-electron chi connectivity index (χ3n) is 4.59. The topological polar surface area (TPSA) is 74.7 Å². The summed E-state index contributed by atoms with van der Waals surface area (Å²) in [6.45, 7) is 6.77. The lowest BCUT2D eigenvalue weighted by Crippen LogP contribution is -2.34. The number of aliphatic carboxylic acids is 1. The second-order valence-corrected chi connectivity index (χ2v) is 6.72. The Labute approximate surface area is 158 Å². The van der Waals surface area contributed by atoms with Gasteiger partial charge in [-0.15, -0.1) is 0 Å². The molecular weight excluding hydrogens is 330 g/mol. The summed E-state index contributed by atoms with van der Waals surface area (Å²) in [5.74, 6) is 0.251. The van der Waals surface area contributed by atoms with E-state index in [0.717, 1.165) is 56.8 Å². The highest BCUT2D eigenvalue weighted by Crippen LogP contribution is 2.15. The highest BCUT2D eigenvalue weighted by Gasteiger charge is 2.11. The van der Waals surface area contributed by atoms with E-state index in [2.05, 4.69) is 29.3 Å². The number of pyridine rings is 1. The Kier molecular flexibility index (Phi) is 10.9. The molecule has 0 aromatic carbocycles. The molecule has 0 amide bonds. The number of carboxylic acid groups (broad SMARTS) is 1. The summed E-state index contributed by atoms with van der Waals surface area (Å²) in [6.07, 6.45) is 5.12. The zero-order valence-electron chi connectivity index (χ0n) is 16.8. The van der Waals surface area contributed by atoms with Gasteiger partial charge in [-0.2, -0.15) is 0 Å². The fraction of sp³-hybridized carbons (Fsp3) is 0.700. The Morgan fingerprint density at radius 3 is 2.65 bits per heavy atom. The van der Waals surface area contributed by atoms with E-state index in [4.69, 9.17) is 14.8 Å². The van der Waals surface area contributed by atoms with Crippen molar-refractivity contribution in [3.05, 3.63) is 23.4 Å². The van der Waals surface area contributed by atoms with Crippen molar-refractivity contribution in [2.75, 3.05) is 39.1 Å². The van der Waals surface area contributed by atoms with Gasteiger partial charge in [0, 0.05) is 32.8 Å². The van der Waals surface area contributed by atoms with Crippen molar-refractivity contribution in [1.82, 2.24) is 9.88 Å². The molecule has 1 rings (SSSR count). The van der Waals surface area contributed by atoms with Crippen LogP contribution in [0.15, 0.2) is 12.1 Å². The van der Waals surface area contributed by atoms with E-state index in [1.165, 1.54) is 5.56 Å². The van der Waals surface area contributed by atoms with Gasteiger partial charge in [0.05, 0.1) is 6.10 Å². The normalized spacial score (nSPS) is 12.3. The lowest BCUT2D eigenvalue weighted by molar-refractivity contribution is -0.137. The van der Waals surface area contributed by atoms with E-state index in [1.54, 1.807) is 7.11 Å². The molecule has 1 heterocycles. The van der Waals surface area contributed by atoms with Crippen LogP contribution in [0, 0.1) is 0 Å². The van der Waals surface area contributed by atoms with Gasteiger partial charge in [0.25, 0.3) is 0 Å². The number of hydrogen-bond donors (Lipinski definition) is 2. The predicted molar refractivity (Wildman–Crippen MR) is 106 cm³/mol. The number of methoxy groups -OCH3 is 1. The first kappa shape index (κ1) is 22.4. The number of aromatic nitrogens is 1. The quantitative estimate of drug-likeness (QED) is 0.493. The van der Waals surface area contributed by atoms with Crippen molar-refractivity contribution in [1.29, 1.82) is 0 Å². The van der Waals surface area contributed by atoms with E-state index in [1.807, 2.05) is 14.0 Å². The molecule has 0 saturated carbocycles. The number of ether oxygens (including phenoxy) is 1. The molecule has 0 bridgehead atoms. The van der Waals surface area contributed by atoms with Gasteiger partial charge >= 0.3 is 5.97 Å². The second-order valence-electron chi connectivity index (χ2n) is 6.72. The van der Waals surface area contributed by atoms with Crippen LogP contribution in [-0.2, 0) is 22.4 Å². The number of nitrogens with zero attached hydrogens (tertiary/aromatic N) is 2.